The van der Waals surface area contributed by atoms with Gasteiger partial charge in [0.1, 0.15) is 0 Å². The van der Waals surface area contributed by atoms with E-state index in [0.29, 0.717) is 5.54 Å². The molecule has 15 heavy (non-hydrogen) atoms. The maximum atomic E-state index is 4.36. The molecule has 84 valence electrons. The quantitative estimate of drug-likeness (QED) is 0.823. The van der Waals surface area contributed by atoms with Crippen molar-refractivity contribution >= 4 is 0 Å². The number of hydrogen-bond donors (Lipinski definition) is 1. The molecule has 0 saturated heterocycles. The van der Waals surface area contributed by atoms with E-state index >= 15 is 0 Å². The van der Waals surface area contributed by atoms with Crippen LogP contribution >= 0.6 is 0 Å². The van der Waals surface area contributed by atoms with Crippen molar-refractivity contribution in [3.05, 3.63) is 17.5 Å². The predicted molar refractivity (Wildman–Crippen MR) is 61.7 cm³/mol. The molecule has 3 heteroatoms. The summed E-state index contributed by atoms with van der Waals surface area (Å²) in [6.45, 7) is 5.32. The van der Waals surface area contributed by atoms with Crippen LogP contribution < -0.4 is 5.32 Å². The van der Waals surface area contributed by atoms with Crippen molar-refractivity contribution in [1.29, 1.82) is 0 Å². The van der Waals surface area contributed by atoms with E-state index in [2.05, 4.69) is 23.4 Å². The summed E-state index contributed by atoms with van der Waals surface area (Å²) in [5, 5.41) is 8.02. The summed E-state index contributed by atoms with van der Waals surface area (Å²) in [5.74, 6) is 0. The lowest BCUT2D eigenvalue weighted by Gasteiger charge is -2.25. The Morgan fingerprint density at radius 1 is 1.47 bits per heavy atom. The van der Waals surface area contributed by atoms with Crippen LogP contribution in [0, 0.1) is 6.92 Å². The molecule has 1 heterocycles. The van der Waals surface area contributed by atoms with Crippen molar-refractivity contribution in [2.24, 2.45) is 7.05 Å². The van der Waals surface area contributed by atoms with Crippen molar-refractivity contribution in [2.45, 2.75) is 51.6 Å². The Labute approximate surface area is 91.9 Å². The number of hydrogen-bond acceptors (Lipinski definition) is 2. The number of rotatable bonds is 3. The largest absolute Gasteiger partial charge is 0.306 e. The van der Waals surface area contributed by atoms with Gasteiger partial charge in [0.05, 0.1) is 11.4 Å². The molecular formula is C12H21N3. The Balaban J connectivity index is 1.95. The Hall–Kier alpha value is -0.830. The van der Waals surface area contributed by atoms with Crippen LogP contribution in [0.2, 0.25) is 0 Å². The summed E-state index contributed by atoms with van der Waals surface area (Å²) in [7, 11) is 2.01. The summed E-state index contributed by atoms with van der Waals surface area (Å²) >= 11 is 0. The van der Waals surface area contributed by atoms with E-state index in [1.54, 1.807) is 0 Å². The van der Waals surface area contributed by atoms with Gasteiger partial charge in [-0.15, -0.1) is 0 Å². The zero-order valence-corrected chi connectivity index (χ0v) is 10.0. The summed E-state index contributed by atoms with van der Waals surface area (Å²) in [5.41, 5.74) is 2.74. The summed E-state index contributed by atoms with van der Waals surface area (Å²) in [6.07, 6.45) is 5.36. The zero-order valence-electron chi connectivity index (χ0n) is 10.0. The van der Waals surface area contributed by atoms with Gasteiger partial charge in [-0.3, -0.25) is 4.68 Å². The number of nitrogens with one attached hydrogen (secondary N) is 1. The second-order valence-corrected chi connectivity index (χ2v) is 5.02. The van der Waals surface area contributed by atoms with Gasteiger partial charge in [-0.2, -0.15) is 5.10 Å². The molecule has 0 unspecified atom stereocenters. The van der Waals surface area contributed by atoms with E-state index in [-0.39, 0.29) is 0 Å². The van der Waals surface area contributed by atoms with Crippen LogP contribution in [0.15, 0.2) is 6.07 Å². The molecule has 1 aliphatic carbocycles. The molecule has 3 nitrogen and oxygen atoms in total. The first-order chi connectivity index (χ1) is 7.09. The highest BCUT2D eigenvalue weighted by molar-refractivity contribution is 5.09. The predicted octanol–water partition coefficient (Wildman–Crippen LogP) is 2.15. The van der Waals surface area contributed by atoms with Gasteiger partial charge in [0.25, 0.3) is 0 Å². The van der Waals surface area contributed by atoms with Crippen molar-refractivity contribution in [1.82, 2.24) is 15.1 Å². The van der Waals surface area contributed by atoms with Crippen molar-refractivity contribution in [2.75, 3.05) is 0 Å². The highest BCUT2D eigenvalue weighted by Gasteiger charge is 2.27. The third kappa shape index (κ3) is 2.40. The van der Waals surface area contributed by atoms with Gasteiger partial charge in [-0.1, -0.05) is 12.8 Å². The smallest absolute Gasteiger partial charge is 0.0597 e. The molecule has 1 fully saturated rings. The molecule has 2 rings (SSSR count). The maximum Gasteiger partial charge on any atom is 0.0597 e. The molecule has 1 saturated carbocycles. The van der Waals surface area contributed by atoms with Crippen LogP contribution in [0.3, 0.4) is 0 Å². The molecule has 0 aliphatic heterocycles. The standard InChI is InChI=1S/C12H21N3/c1-10-8-11(15(3)14-10)9-13-12(2)6-4-5-7-12/h8,13H,4-7,9H2,1-3H3. The first-order valence-electron chi connectivity index (χ1n) is 5.84. The van der Waals surface area contributed by atoms with E-state index in [4.69, 9.17) is 0 Å². The molecule has 1 aliphatic rings. The maximum absolute atomic E-state index is 4.36. The van der Waals surface area contributed by atoms with Crippen LogP contribution in [0.1, 0.15) is 44.0 Å². The van der Waals surface area contributed by atoms with Crippen LogP contribution in [0.4, 0.5) is 0 Å². The third-order valence-electron chi connectivity index (χ3n) is 3.50. The monoisotopic (exact) mass is 207 g/mol. The average molecular weight is 207 g/mol. The van der Waals surface area contributed by atoms with Crippen molar-refractivity contribution < 1.29 is 0 Å². The van der Waals surface area contributed by atoms with Crippen LogP contribution in [-0.2, 0) is 13.6 Å². The molecule has 1 aromatic rings. The van der Waals surface area contributed by atoms with E-state index in [1.165, 1.54) is 31.4 Å². The summed E-state index contributed by atoms with van der Waals surface area (Å²) < 4.78 is 1.97. The van der Waals surface area contributed by atoms with Gasteiger partial charge in [0.15, 0.2) is 0 Å². The summed E-state index contributed by atoms with van der Waals surface area (Å²) in [6, 6.07) is 2.16. The highest BCUT2D eigenvalue weighted by Crippen LogP contribution is 2.29. The van der Waals surface area contributed by atoms with E-state index in [9.17, 15) is 0 Å². The normalized spacial score (nSPS) is 19.7. The van der Waals surface area contributed by atoms with Gasteiger partial charge in [-0.25, -0.2) is 0 Å². The molecule has 0 amide bonds. The molecule has 1 N–H and O–H groups in total. The first kappa shape index (κ1) is 10.7. The molecular weight excluding hydrogens is 186 g/mol. The zero-order chi connectivity index (χ0) is 10.9. The molecule has 0 radical (unpaired) electrons. The second-order valence-electron chi connectivity index (χ2n) is 5.02. The SMILES string of the molecule is Cc1cc(CNC2(C)CCCC2)n(C)n1. The Morgan fingerprint density at radius 2 is 2.13 bits per heavy atom. The van der Waals surface area contributed by atoms with Gasteiger partial charge < -0.3 is 5.32 Å². The molecule has 0 spiro atoms. The van der Waals surface area contributed by atoms with Crippen LogP contribution in [0.5, 0.6) is 0 Å². The Kier molecular flexibility index (Phi) is 2.83. The van der Waals surface area contributed by atoms with E-state index in [0.717, 1.165) is 12.2 Å². The fraction of sp³-hybridized carbons (Fsp3) is 0.750. The van der Waals surface area contributed by atoms with Gasteiger partial charge in [-0.05, 0) is 32.8 Å². The van der Waals surface area contributed by atoms with E-state index < -0.39 is 0 Å². The van der Waals surface area contributed by atoms with Crippen molar-refractivity contribution in [3.63, 3.8) is 0 Å². The van der Waals surface area contributed by atoms with Gasteiger partial charge in [0.2, 0.25) is 0 Å². The highest BCUT2D eigenvalue weighted by atomic mass is 15.3. The van der Waals surface area contributed by atoms with Gasteiger partial charge in [0, 0.05) is 19.1 Å². The Bertz CT molecular complexity index is 335. The molecule has 1 aromatic heterocycles. The lowest BCUT2D eigenvalue weighted by Crippen LogP contribution is -2.39. The van der Waals surface area contributed by atoms with Crippen molar-refractivity contribution in [3.8, 4) is 0 Å². The number of nitrogens with zero attached hydrogens (tertiary/aromatic N) is 2. The minimum absolute atomic E-state index is 0.359. The lowest BCUT2D eigenvalue weighted by molar-refractivity contribution is 0.357. The minimum Gasteiger partial charge on any atom is -0.306 e. The number of aryl methyl sites for hydroxylation is 2. The topological polar surface area (TPSA) is 29.9 Å². The fourth-order valence-corrected chi connectivity index (χ4v) is 2.47. The Morgan fingerprint density at radius 3 is 2.67 bits per heavy atom. The lowest BCUT2D eigenvalue weighted by atomic mass is 10.0. The van der Waals surface area contributed by atoms with Crippen LogP contribution in [-0.4, -0.2) is 15.3 Å². The second kappa shape index (κ2) is 3.97. The average Bonchev–Trinajstić information content (AvgIpc) is 2.71. The minimum atomic E-state index is 0.359. The number of aromatic nitrogens is 2. The first-order valence-corrected chi connectivity index (χ1v) is 5.84. The summed E-state index contributed by atoms with van der Waals surface area (Å²) in [4.78, 5) is 0. The molecule has 0 bridgehead atoms. The van der Waals surface area contributed by atoms with Gasteiger partial charge >= 0.3 is 0 Å². The molecule has 0 atom stereocenters. The van der Waals surface area contributed by atoms with Crippen LogP contribution in [0.25, 0.3) is 0 Å². The molecule has 0 aromatic carbocycles. The van der Waals surface area contributed by atoms with E-state index in [1.807, 2.05) is 18.7 Å². The third-order valence-corrected chi connectivity index (χ3v) is 3.50. The fourth-order valence-electron chi connectivity index (χ4n) is 2.47.